The van der Waals surface area contributed by atoms with Crippen molar-refractivity contribution in [3.63, 3.8) is 0 Å². The molecular weight excluding hydrogens is 504 g/mol. The summed E-state index contributed by atoms with van der Waals surface area (Å²) in [6.45, 7) is 10.4. The second-order valence-electron chi connectivity index (χ2n) is 10.9. The van der Waals surface area contributed by atoms with Gasteiger partial charge in [0.1, 0.15) is 0 Å². The van der Waals surface area contributed by atoms with Gasteiger partial charge in [-0.3, -0.25) is 4.99 Å². The van der Waals surface area contributed by atoms with Gasteiger partial charge in [0.2, 0.25) is 5.95 Å². The predicted octanol–water partition coefficient (Wildman–Crippen LogP) is 4.23. The largest absolute Gasteiger partial charge is 0.386 e. The Morgan fingerprint density at radius 1 is 1.12 bits per heavy atom. The Labute approximate surface area is 235 Å². The molecule has 2 aliphatic carbocycles. The Bertz CT molecular complexity index is 1360. The number of hydrogen-bond donors (Lipinski definition) is 4. The zero-order valence-electron chi connectivity index (χ0n) is 23.8. The second kappa shape index (κ2) is 12.5. The van der Waals surface area contributed by atoms with Crippen LogP contribution >= 0.6 is 0 Å². The van der Waals surface area contributed by atoms with Gasteiger partial charge in [0.15, 0.2) is 17.0 Å². The van der Waals surface area contributed by atoms with Gasteiger partial charge in [0.05, 0.1) is 30.1 Å². The number of nitrogens with zero attached hydrogens (tertiary/aromatic N) is 8. The van der Waals surface area contributed by atoms with E-state index in [2.05, 4.69) is 42.3 Å². The van der Waals surface area contributed by atoms with Crippen molar-refractivity contribution in [1.82, 2.24) is 39.8 Å². The Morgan fingerprint density at radius 3 is 2.60 bits per heavy atom. The zero-order chi connectivity index (χ0) is 28.1. The average Bonchev–Trinajstić information content (AvgIpc) is 3.68. The fourth-order valence-electron chi connectivity index (χ4n) is 5.88. The summed E-state index contributed by atoms with van der Waals surface area (Å²) in [6, 6.07) is 1.22. The summed E-state index contributed by atoms with van der Waals surface area (Å²) in [4.78, 5) is 21.0. The number of anilines is 2. The van der Waals surface area contributed by atoms with E-state index in [0.29, 0.717) is 30.4 Å². The highest BCUT2D eigenvalue weighted by atomic mass is 15.5. The normalized spacial score (nSPS) is 23.6. The molecule has 0 bridgehead atoms. The number of nitrogens with one attached hydrogen (secondary N) is 3. The van der Waals surface area contributed by atoms with Crippen LogP contribution in [0.4, 0.5) is 11.8 Å². The van der Waals surface area contributed by atoms with E-state index in [1.165, 1.54) is 0 Å². The number of imidazole rings is 1. The molecule has 3 aromatic rings. The van der Waals surface area contributed by atoms with Crippen LogP contribution in [0, 0.1) is 6.92 Å². The lowest BCUT2D eigenvalue weighted by molar-refractivity contribution is 0.372. The molecule has 40 heavy (non-hydrogen) atoms. The number of aromatic nitrogens is 7. The molecule has 0 spiro atoms. The van der Waals surface area contributed by atoms with Gasteiger partial charge in [0.25, 0.3) is 0 Å². The molecule has 2 unspecified atom stereocenters. The lowest BCUT2D eigenvalue weighted by Crippen LogP contribution is -2.38. The highest BCUT2D eigenvalue weighted by molar-refractivity contribution is 5.84. The molecule has 0 amide bonds. The molecule has 12 nitrogen and oxygen atoms in total. The van der Waals surface area contributed by atoms with Crippen LogP contribution in [0.1, 0.15) is 83.0 Å². The minimum atomic E-state index is 0.274. The standard InChI is InChI=1S/C28H42N12/c1-5-20(30-6-2)13-14-31-28-36-26(35-22-9-7-21(8-10-22)34-19(4)29)25-27(37-28)39(17-32-25)23-11-12-24(15-23)40-33-16-18(3)38-40/h5-6,16-17,21-24,34H,4,7-15,29H2,1-3H3,(H2,31,35,36,37)/b20-5-,30-6?. The van der Waals surface area contributed by atoms with Crippen LogP contribution in [0.3, 0.4) is 0 Å². The van der Waals surface area contributed by atoms with Crippen molar-refractivity contribution in [3.8, 4) is 0 Å². The highest BCUT2D eigenvalue weighted by Gasteiger charge is 2.31. The first-order valence-corrected chi connectivity index (χ1v) is 14.4. The molecule has 2 atom stereocenters. The summed E-state index contributed by atoms with van der Waals surface area (Å²) in [5.74, 6) is 1.91. The van der Waals surface area contributed by atoms with E-state index in [1.807, 2.05) is 50.4 Å². The van der Waals surface area contributed by atoms with Crippen LogP contribution in [0.15, 0.2) is 41.7 Å². The Morgan fingerprint density at radius 2 is 1.90 bits per heavy atom. The third-order valence-electron chi connectivity index (χ3n) is 7.89. The van der Waals surface area contributed by atoms with Crippen LogP contribution in [0.2, 0.25) is 0 Å². The van der Waals surface area contributed by atoms with E-state index in [9.17, 15) is 0 Å². The predicted molar refractivity (Wildman–Crippen MR) is 159 cm³/mol. The molecule has 3 aromatic heterocycles. The van der Waals surface area contributed by atoms with E-state index in [-0.39, 0.29) is 12.1 Å². The summed E-state index contributed by atoms with van der Waals surface area (Å²) in [5.41, 5.74) is 9.40. The van der Waals surface area contributed by atoms with E-state index in [1.54, 1.807) is 0 Å². The van der Waals surface area contributed by atoms with Crippen LogP contribution in [0.5, 0.6) is 0 Å². The van der Waals surface area contributed by atoms with Gasteiger partial charge in [-0.2, -0.15) is 25.0 Å². The number of rotatable bonds is 11. The topological polar surface area (TPSA) is 149 Å². The maximum Gasteiger partial charge on any atom is 0.226 e. The Hall–Kier alpha value is -3.96. The van der Waals surface area contributed by atoms with Crippen LogP contribution in [-0.4, -0.2) is 59.4 Å². The number of allylic oxidation sites excluding steroid dienone is 1. The van der Waals surface area contributed by atoms with Crippen molar-refractivity contribution in [2.45, 2.75) is 96.3 Å². The van der Waals surface area contributed by atoms with Crippen molar-refractivity contribution < 1.29 is 0 Å². The van der Waals surface area contributed by atoms with Crippen molar-refractivity contribution in [2.75, 3.05) is 17.2 Å². The van der Waals surface area contributed by atoms with E-state index in [0.717, 1.165) is 79.7 Å². The molecule has 0 aromatic carbocycles. The SMILES string of the molecule is C=C(N)NC1CCC(Nc2nc(NCC/C(=C/C)N=CC)nc3c2ncn3C2CCC(n3ncc(C)n3)C2)CC1. The molecule has 2 aliphatic rings. The summed E-state index contributed by atoms with van der Waals surface area (Å²) in [7, 11) is 0. The van der Waals surface area contributed by atoms with Gasteiger partial charge in [-0.05, 0) is 65.7 Å². The second-order valence-corrected chi connectivity index (χ2v) is 10.9. The molecule has 0 radical (unpaired) electrons. The zero-order valence-corrected chi connectivity index (χ0v) is 23.8. The van der Waals surface area contributed by atoms with Crippen molar-refractivity contribution in [3.05, 3.63) is 42.4 Å². The molecule has 3 heterocycles. The molecule has 214 valence electrons. The Balaban J connectivity index is 1.36. The first kappa shape index (κ1) is 27.6. The number of aliphatic imine (C=N–C) groups is 1. The summed E-state index contributed by atoms with van der Waals surface area (Å²) in [5, 5.41) is 19.4. The van der Waals surface area contributed by atoms with Gasteiger partial charge in [-0.25, -0.2) is 4.98 Å². The van der Waals surface area contributed by atoms with Crippen molar-refractivity contribution in [2.24, 2.45) is 10.7 Å². The third kappa shape index (κ3) is 6.43. The lowest BCUT2D eigenvalue weighted by Gasteiger charge is -2.30. The summed E-state index contributed by atoms with van der Waals surface area (Å²) >= 11 is 0. The van der Waals surface area contributed by atoms with Crippen LogP contribution in [0.25, 0.3) is 11.2 Å². The molecular formula is C28H42N12. The Kier molecular flexibility index (Phi) is 8.61. The van der Waals surface area contributed by atoms with Gasteiger partial charge in [-0.15, -0.1) is 0 Å². The molecule has 12 heteroatoms. The molecule has 5 N–H and O–H groups in total. The summed E-state index contributed by atoms with van der Waals surface area (Å²) in [6.07, 6.45) is 15.5. The molecule has 0 aliphatic heterocycles. The maximum absolute atomic E-state index is 5.77. The molecule has 2 fully saturated rings. The van der Waals surface area contributed by atoms with Gasteiger partial charge in [-0.1, -0.05) is 12.7 Å². The molecule has 5 rings (SSSR count). The third-order valence-corrected chi connectivity index (χ3v) is 7.89. The minimum Gasteiger partial charge on any atom is -0.386 e. The van der Waals surface area contributed by atoms with E-state index >= 15 is 0 Å². The maximum atomic E-state index is 5.77. The quantitative estimate of drug-likeness (QED) is 0.259. The van der Waals surface area contributed by atoms with E-state index < -0.39 is 0 Å². The number of fused-ring (bicyclic) bond motifs is 1. The first-order valence-electron chi connectivity index (χ1n) is 14.4. The summed E-state index contributed by atoms with van der Waals surface area (Å²) < 4.78 is 2.22. The van der Waals surface area contributed by atoms with Gasteiger partial charge >= 0.3 is 0 Å². The number of nitrogens with two attached hydrogens (primary N) is 1. The fourth-order valence-corrected chi connectivity index (χ4v) is 5.88. The smallest absolute Gasteiger partial charge is 0.226 e. The lowest BCUT2D eigenvalue weighted by atomic mass is 9.91. The molecule has 2 saturated carbocycles. The van der Waals surface area contributed by atoms with Gasteiger partial charge in [0, 0.05) is 43.0 Å². The first-order chi connectivity index (χ1) is 19.4. The van der Waals surface area contributed by atoms with Gasteiger partial charge < -0.3 is 26.3 Å². The van der Waals surface area contributed by atoms with Crippen molar-refractivity contribution in [1.29, 1.82) is 0 Å². The monoisotopic (exact) mass is 546 g/mol. The van der Waals surface area contributed by atoms with E-state index in [4.69, 9.17) is 20.7 Å². The number of hydrogen-bond acceptors (Lipinski definition) is 10. The minimum absolute atomic E-state index is 0.274. The highest BCUT2D eigenvalue weighted by Crippen LogP contribution is 2.39. The van der Waals surface area contributed by atoms with Crippen LogP contribution < -0.4 is 21.7 Å². The van der Waals surface area contributed by atoms with Crippen LogP contribution in [-0.2, 0) is 0 Å². The van der Waals surface area contributed by atoms with Crippen molar-refractivity contribution >= 4 is 29.1 Å². The fraction of sp³-hybridized carbons (Fsp3) is 0.571. The average molecular weight is 547 g/mol. The number of aryl methyl sites for hydroxylation is 1. The molecule has 0 saturated heterocycles.